The predicted molar refractivity (Wildman–Crippen MR) is 125 cm³/mol. The van der Waals surface area contributed by atoms with Crippen molar-refractivity contribution >= 4 is 18.1 Å². The number of carbonyl (C=O) groups excluding carboxylic acids is 3. The summed E-state index contributed by atoms with van der Waals surface area (Å²) >= 11 is 0. The van der Waals surface area contributed by atoms with Gasteiger partial charge in [-0.2, -0.15) is 0 Å². The lowest BCUT2D eigenvalue weighted by Gasteiger charge is -2.23. The molecular weight excluding hydrogens is 441 g/mol. The Kier molecular flexibility index (Phi) is 12.0. The van der Waals surface area contributed by atoms with Crippen molar-refractivity contribution in [1.82, 2.24) is 16.1 Å². The Hall–Kier alpha value is -3.04. The van der Waals surface area contributed by atoms with Gasteiger partial charge in [0, 0.05) is 24.8 Å². The quantitative estimate of drug-likeness (QED) is 0.142. The summed E-state index contributed by atoms with van der Waals surface area (Å²) in [5.74, 6) is -0.795. The number of rotatable bonds is 14. The molecule has 0 saturated heterocycles. The number of benzene rings is 1. The largest absolute Gasteiger partial charge is 0.494 e. The monoisotopic (exact) mass is 475 g/mol. The number of carbonyl (C=O) groups is 3. The number of hydrogen-bond donors (Lipinski definition) is 4. The third-order valence-electron chi connectivity index (χ3n) is 5.83. The summed E-state index contributed by atoms with van der Waals surface area (Å²) in [5.41, 5.74) is 2.43. The van der Waals surface area contributed by atoms with Crippen molar-refractivity contribution in [3.05, 3.63) is 59.6 Å². The highest BCUT2D eigenvalue weighted by Crippen LogP contribution is 2.21. The molecule has 8 nitrogen and oxygen atoms in total. The first-order valence-electron chi connectivity index (χ1n) is 11.6. The second-order valence-electron chi connectivity index (χ2n) is 8.24. The Labute approximate surface area is 199 Å². The summed E-state index contributed by atoms with van der Waals surface area (Å²) in [7, 11) is 1.75. The van der Waals surface area contributed by atoms with Crippen LogP contribution in [0.15, 0.2) is 48.3 Å². The van der Waals surface area contributed by atoms with E-state index in [2.05, 4.69) is 10.6 Å². The molecule has 0 aromatic heterocycles. The van der Waals surface area contributed by atoms with Crippen molar-refractivity contribution in [3.8, 4) is 0 Å². The minimum atomic E-state index is -0.547. The van der Waals surface area contributed by atoms with E-state index in [0.717, 1.165) is 24.2 Å². The van der Waals surface area contributed by atoms with Gasteiger partial charge in [-0.1, -0.05) is 18.2 Å². The van der Waals surface area contributed by atoms with Crippen LogP contribution in [-0.4, -0.2) is 43.0 Å². The first kappa shape index (κ1) is 27.2. The molecule has 1 aromatic carbocycles. The van der Waals surface area contributed by atoms with E-state index in [1.807, 2.05) is 18.2 Å². The van der Waals surface area contributed by atoms with Gasteiger partial charge in [-0.25, -0.2) is 9.87 Å². The number of hydrogen-bond acceptors (Lipinski definition) is 6. The van der Waals surface area contributed by atoms with E-state index in [-0.39, 0.29) is 24.1 Å². The smallest absolute Gasteiger partial charge is 0.246 e. The van der Waals surface area contributed by atoms with E-state index < -0.39 is 17.9 Å². The molecule has 0 fully saturated rings. The van der Waals surface area contributed by atoms with Crippen molar-refractivity contribution in [3.63, 3.8) is 0 Å². The van der Waals surface area contributed by atoms with Crippen molar-refractivity contribution < 1.29 is 28.7 Å². The number of likely N-dealkylation sites (N-methyl/N-ethyl adjacent to an activating group) is 1. The average Bonchev–Trinajstić information content (AvgIpc) is 3.08. The maximum atomic E-state index is 13.0. The molecule has 0 radical (unpaired) electrons. The van der Waals surface area contributed by atoms with Crippen LogP contribution in [-0.2, 0) is 25.7 Å². The molecule has 34 heavy (non-hydrogen) atoms. The lowest BCUT2D eigenvalue weighted by atomic mass is 9.94. The Morgan fingerprint density at radius 1 is 1.24 bits per heavy atom. The molecule has 3 atom stereocenters. The van der Waals surface area contributed by atoms with Gasteiger partial charge in [0.15, 0.2) is 0 Å². The molecule has 2 amide bonds. The number of hydroxylamine groups is 1. The number of halogens is 1. The third kappa shape index (κ3) is 9.07. The summed E-state index contributed by atoms with van der Waals surface area (Å²) in [6, 6.07) is 5.62. The van der Waals surface area contributed by atoms with Crippen LogP contribution in [0.1, 0.15) is 44.1 Å². The number of allylic oxidation sites excluding steroid dienone is 2. The molecule has 0 saturated carbocycles. The van der Waals surface area contributed by atoms with Gasteiger partial charge in [-0.05, 0) is 69.0 Å². The Morgan fingerprint density at radius 3 is 2.68 bits per heavy atom. The van der Waals surface area contributed by atoms with E-state index in [0.29, 0.717) is 38.7 Å². The fourth-order valence-corrected chi connectivity index (χ4v) is 3.87. The Bertz CT molecular complexity index is 857. The van der Waals surface area contributed by atoms with Crippen LogP contribution >= 0.6 is 0 Å². The highest BCUT2D eigenvalue weighted by Gasteiger charge is 2.25. The van der Waals surface area contributed by atoms with Gasteiger partial charge in [0.25, 0.3) is 0 Å². The molecule has 2 rings (SSSR count). The van der Waals surface area contributed by atoms with Crippen LogP contribution in [0.25, 0.3) is 0 Å². The van der Waals surface area contributed by atoms with Gasteiger partial charge >= 0.3 is 0 Å². The normalized spacial score (nSPS) is 17.1. The van der Waals surface area contributed by atoms with Gasteiger partial charge in [0.2, 0.25) is 11.8 Å². The lowest BCUT2D eigenvalue weighted by Crippen LogP contribution is -2.46. The first-order chi connectivity index (χ1) is 16.5. The zero-order chi connectivity index (χ0) is 24.8. The fourth-order valence-electron chi connectivity index (χ4n) is 3.87. The number of aldehydes is 1. The zero-order valence-electron chi connectivity index (χ0n) is 19.5. The molecule has 1 aliphatic rings. The molecule has 9 heteroatoms. The van der Waals surface area contributed by atoms with Gasteiger partial charge in [0.1, 0.15) is 17.9 Å². The van der Waals surface area contributed by atoms with Gasteiger partial charge in [-0.15, -0.1) is 0 Å². The predicted octanol–water partition coefficient (Wildman–Crippen LogP) is 2.78. The van der Waals surface area contributed by atoms with E-state index in [4.69, 9.17) is 9.94 Å². The number of unbranched alkanes of at least 4 members (excludes halogenated alkanes) is 1. The van der Waals surface area contributed by atoms with Gasteiger partial charge in [-0.3, -0.25) is 14.8 Å². The Balaban J connectivity index is 1.77. The second kappa shape index (κ2) is 15.0. The fraction of sp³-hybridized carbons (Fsp3) is 0.480. The first-order valence-corrected chi connectivity index (χ1v) is 11.6. The molecule has 1 aliphatic carbocycles. The van der Waals surface area contributed by atoms with E-state index in [1.165, 1.54) is 12.1 Å². The minimum absolute atomic E-state index is 0.0170. The molecule has 0 aliphatic heterocycles. The van der Waals surface area contributed by atoms with E-state index in [1.54, 1.807) is 24.7 Å². The average molecular weight is 476 g/mol. The van der Waals surface area contributed by atoms with Crippen LogP contribution in [0.3, 0.4) is 0 Å². The summed E-state index contributed by atoms with van der Waals surface area (Å²) in [4.78, 5) is 34.9. The molecule has 1 aromatic rings. The maximum Gasteiger partial charge on any atom is 0.246 e. The van der Waals surface area contributed by atoms with Crippen molar-refractivity contribution in [2.24, 2.45) is 11.8 Å². The molecule has 4 N–H and O–H groups in total. The zero-order valence-corrected chi connectivity index (χ0v) is 19.5. The summed E-state index contributed by atoms with van der Waals surface area (Å²) in [6.07, 6.45) is 10.0. The van der Waals surface area contributed by atoms with Crippen LogP contribution in [0.5, 0.6) is 0 Å². The molecule has 3 unspecified atom stereocenters. The molecule has 186 valence electrons. The summed E-state index contributed by atoms with van der Waals surface area (Å²) < 4.78 is 18.9. The highest BCUT2D eigenvalue weighted by atomic mass is 19.1. The number of ether oxygens (including phenoxy) is 1. The minimum Gasteiger partial charge on any atom is -0.494 e. The summed E-state index contributed by atoms with van der Waals surface area (Å²) in [6.45, 7) is 0.789. The van der Waals surface area contributed by atoms with Gasteiger partial charge < -0.3 is 20.2 Å². The van der Waals surface area contributed by atoms with E-state index in [9.17, 15) is 18.8 Å². The highest BCUT2D eigenvalue weighted by molar-refractivity contribution is 5.82. The van der Waals surface area contributed by atoms with Crippen molar-refractivity contribution in [2.75, 3.05) is 13.7 Å². The van der Waals surface area contributed by atoms with Crippen molar-refractivity contribution in [2.45, 2.75) is 51.1 Å². The Morgan fingerprint density at radius 2 is 2.00 bits per heavy atom. The standard InChI is InChI=1S/C25H34FN3O5/c1-27-23(25(32)28-17-18-8-11-21(26)12-9-18)19-6-4-7-22(13-10-19)34-16-3-2-5-20(14-15-30)24(31)29-33/h7-13,15,19-20,23,27,33H,2-6,14,16-17H2,1H3,(H,28,32)(H,29,31). The number of nitrogens with one attached hydrogen (secondary N) is 3. The van der Waals surface area contributed by atoms with Crippen molar-refractivity contribution in [1.29, 1.82) is 0 Å². The SMILES string of the molecule is CNC(C(=O)NCc1ccc(F)cc1)C1C=CC(OCCCCC(CC=O)C(=O)NO)=CCC1. The summed E-state index contributed by atoms with van der Waals surface area (Å²) in [5, 5.41) is 14.7. The third-order valence-corrected chi connectivity index (χ3v) is 5.83. The maximum absolute atomic E-state index is 13.0. The van der Waals surface area contributed by atoms with Crippen LogP contribution < -0.4 is 16.1 Å². The van der Waals surface area contributed by atoms with E-state index >= 15 is 0 Å². The second-order valence-corrected chi connectivity index (χ2v) is 8.24. The lowest BCUT2D eigenvalue weighted by molar-refractivity contribution is -0.135. The molecule has 0 bridgehead atoms. The topological polar surface area (TPSA) is 117 Å². The molecular formula is C25H34FN3O5. The van der Waals surface area contributed by atoms with Gasteiger partial charge in [0.05, 0.1) is 12.6 Å². The van der Waals surface area contributed by atoms with Crippen LogP contribution in [0.2, 0.25) is 0 Å². The number of amides is 2. The van der Waals surface area contributed by atoms with Crippen LogP contribution in [0.4, 0.5) is 4.39 Å². The molecule has 0 spiro atoms. The van der Waals surface area contributed by atoms with Crippen LogP contribution in [0, 0.1) is 17.7 Å². The molecule has 0 heterocycles.